The van der Waals surface area contributed by atoms with Crippen LogP contribution in [0.1, 0.15) is 53.9 Å². The maximum absolute atomic E-state index is 11.5. The van der Waals surface area contributed by atoms with E-state index >= 15 is 0 Å². The highest BCUT2D eigenvalue weighted by molar-refractivity contribution is 5.78. The van der Waals surface area contributed by atoms with Gasteiger partial charge < -0.3 is 14.6 Å². The van der Waals surface area contributed by atoms with Gasteiger partial charge in [-0.1, -0.05) is 6.92 Å². The fourth-order valence-corrected chi connectivity index (χ4v) is 2.14. The SMILES string of the molecule is CCC(CCCOCCOC(C)C)(NC(C)C)C(=O)O. The third-order valence-corrected chi connectivity index (χ3v) is 3.15. The van der Waals surface area contributed by atoms with E-state index in [-0.39, 0.29) is 12.1 Å². The molecule has 0 aliphatic rings. The van der Waals surface area contributed by atoms with E-state index < -0.39 is 11.5 Å². The van der Waals surface area contributed by atoms with Crippen LogP contribution < -0.4 is 5.32 Å². The van der Waals surface area contributed by atoms with E-state index in [2.05, 4.69) is 5.32 Å². The summed E-state index contributed by atoms with van der Waals surface area (Å²) in [6.07, 6.45) is 2.08. The van der Waals surface area contributed by atoms with Crippen LogP contribution in [-0.2, 0) is 14.3 Å². The molecule has 0 fully saturated rings. The van der Waals surface area contributed by atoms with Crippen molar-refractivity contribution < 1.29 is 19.4 Å². The van der Waals surface area contributed by atoms with Crippen molar-refractivity contribution in [2.24, 2.45) is 0 Å². The minimum atomic E-state index is -0.841. The molecule has 1 atom stereocenters. The second-order valence-corrected chi connectivity index (χ2v) is 5.68. The van der Waals surface area contributed by atoms with Gasteiger partial charge in [0.15, 0.2) is 0 Å². The average molecular weight is 289 g/mol. The van der Waals surface area contributed by atoms with Gasteiger partial charge in [0.2, 0.25) is 0 Å². The standard InChI is InChI=1S/C15H31NO4/c1-6-15(14(17)18,16-12(2)3)8-7-9-19-10-11-20-13(4)5/h12-13,16H,6-11H2,1-5H3,(H,17,18). The summed E-state index contributed by atoms with van der Waals surface area (Å²) in [5.41, 5.74) is -0.841. The minimum Gasteiger partial charge on any atom is -0.480 e. The predicted molar refractivity (Wildman–Crippen MR) is 80.1 cm³/mol. The van der Waals surface area contributed by atoms with E-state index in [1.165, 1.54) is 0 Å². The van der Waals surface area contributed by atoms with Gasteiger partial charge in [-0.05, 0) is 47.0 Å². The zero-order valence-corrected chi connectivity index (χ0v) is 13.6. The molecule has 0 radical (unpaired) electrons. The third kappa shape index (κ3) is 7.82. The van der Waals surface area contributed by atoms with Gasteiger partial charge in [-0.15, -0.1) is 0 Å². The Morgan fingerprint density at radius 2 is 1.85 bits per heavy atom. The Balaban J connectivity index is 4.00. The van der Waals surface area contributed by atoms with Gasteiger partial charge in [-0.25, -0.2) is 0 Å². The van der Waals surface area contributed by atoms with Gasteiger partial charge in [0.05, 0.1) is 19.3 Å². The van der Waals surface area contributed by atoms with Crippen molar-refractivity contribution >= 4 is 5.97 Å². The van der Waals surface area contributed by atoms with Gasteiger partial charge in [0.25, 0.3) is 0 Å². The number of carboxylic acids is 1. The fourth-order valence-electron chi connectivity index (χ4n) is 2.14. The first-order chi connectivity index (χ1) is 9.34. The van der Waals surface area contributed by atoms with Crippen LogP contribution in [0.4, 0.5) is 0 Å². The molecule has 0 spiro atoms. The molecule has 20 heavy (non-hydrogen) atoms. The molecule has 5 heteroatoms. The van der Waals surface area contributed by atoms with Crippen molar-refractivity contribution in [1.82, 2.24) is 5.32 Å². The Bertz CT molecular complexity index is 269. The number of hydrogen-bond donors (Lipinski definition) is 2. The number of ether oxygens (including phenoxy) is 2. The molecule has 0 heterocycles. The van der Waals surface area contributed by atoms with Crippen molar-refractivity contribution in [2.75, 3.05) is 19.8 Å². The maximum atomic E-state index is 11.5. The van der Waals surface area contributed by atoms with Crippen molar-refractivity contribution in [2.45, 2.75) is 71.6 Å². The lowest BCUT2D eigenvalue weighted by molar-refractivity contribution is -0.146. The normalized spacial score (nSPS) is 14.8. The summed E-state index contributed by atoms with van der Waals surface area (Å²) in [6.45, 7) is 11.5. The summed E-state index contributed by atoms with van der Waals surface area (Å²) in [6, 6.07) is 0.145. The monoisotopic (exact) mass is 289 g/mol. The van der Waals surface area contributed by atoms with Crippen molar-refractivity contribution in [3.8, 4) is 0 Å². The first kappa shape index (κ1) is 19.4. The van der Waals surface area contributed by atoms with Crippen molar-refractivity contribution in [3.05, 3.63) is 0 Å². The highest BCUT2D eigenvalue weighted by Crippen LogP contribution is 2.19. The first-order valence-corrected chi connectivity index (χ1v) is 7.54. The number of carbonyl (C=O) groups is 1. The Labute approximate surface area is 123 Å². The molecule has 0 saturated heterocycles. The van der Waals surface area contributed by atoms with Crippen LogP contribution in [0.2, 0.25) is 0 Å². The zero-order chi connectivity index (χ0) is 15.6. The molecule has 0 rings (SSSR count). The Hall–Kier alpha value is -0.650. The molecular weight excluding hydrogens is 258 g/mol. The van der Waals surface area contributed by atoms with Gasteiger partial charge in [-0.2, -0.15) is 0 Å². The van der Waals surface area contributed by atoms with Crippen molar-refractivity contribution in [3.63, 3.8) is 0 Å². The smallest absolute Gasteiger partial charge is 0.323 e. The summed E-state index contributed by atoms with van der Waals surface area (Å²) in [5.74, 6) is -0.781. The Morgan fingerprint density at radius 1 is 1.20 bits per heavy atom. The Kier molecular flexibility index (Phi) is 9.80. The molecule has 0 saturated carbocycles. The van der Waals surface area contributed by atoms with Gasteiger partial charge >= 0.3 is 5.97 Å². The highest BCUT2D eigenvalue weighted by atomic mass is 16.5. The fraction of sp³-hybridized carbons (Fsp3) is 0.933. The molecule has 0 aliphatic carbocycles. The van der Waals surface area contributed by atoms with Crippen LogP contribution in [0.5, 0.6) is 0 Å². The average Bonchev–Trinajstić information content (AvgIpc) is 2.35. The lowest BCUT2D eigenvalue weighted by atomic mass is 9.89. The number of rotatable bonds is 12. The first-order valence-electron chi connectivity index (χ1n) is 7.54. The zero-order valence-electron chi connectivity index (χ0n) is 13.6. The minimum absolute atomic E-state index is 0.145. The van der Waals surface area contributed by atoms with Gasteiger partial charge in [0.1, 0.15) is 5.54 Å². The summed E-state index contributed by atoms with van der Waals surface area (Å²) in [7, 11) is 0. The van der Waals surface area contributed by atoms with Crippen LogP contribution >= 0.6 is 0 Å². The van der Waals surface area contributed by atoms with E-state index in [1.54, 1.807) is 0 Å². The molecule has 0 amide bonds. The molecule has 0 bridgehead atoms. The molecule has 120 valence electrons. The summed E-state index contributed by atoms with van der Waals surface area (Å²) in [4.78, 5) is 11.5. The van der Waals surface area contributed by atoms with E-state index in [0.29, 0.717) is 32.7 Å². The largest absolute Gasteiger partial charge is 0.480 e. The number of carboxylic acid groups (broad SMARTS) is 1. The molecule has 2 N–H and O–H groups in total. The van der Waals surface area contributed by atoms with Gasteiger partial charge in [-0.3, -0.25) is 10.1 Å². The second-order valence-electron chi connectivity index (χ2n) is 5.68. The van der Waals surface area contributed by atoms with Gasteiger partial charge in [0, 0.05) is 12.6 Å². The quantitative estimate of drug-likeness (QED) is 0.540. The summed E-state index contributed by atoms with van der Waals surface area (Å²) >= 11 is 0. The van der Waals surface area contributed by atoms with Crippen LogP contribution in [-0.4, -0.2) is 48.6 Å². The summed E-state index contributed by atoms with van der Waals surface area (Å²) in [5, 5.41) is 12.6. The molecular formula is C15H31NO4. The van der Waals surface area contributed by atoms with E-state index in [1.807, 2.05) is 34.6 Å². The summed E-state index contributed by atoms with van der Waals surface area (Å²) < 4.78 is 10.8. The van der Waals surface area contributed by atoms with Crippen LogP contribution in [0.25, 0.3) is 0 Å². The molecule has 0 aliphatic heterocycles. The lowest BCUT2D eigenvalue weighted by Gasteiger charge is -2.31. The molecule has 1 unspecified atom stereocenters. The number of nitrogens with one attached hydrogen (secondary N) is 1. The van der Waals surface area contributed by atoms with E-state index in [9.17, 15) is 9.90 Å². The number of hydrogen-bond acceptors (Lipinski definition) is 4. The topological polar surface area (TPSA) is 67.8 Å². The molecule has 0 aromatic carbocycles. The highest BCUT2D eigenvalue weighted by Gasteiger charge is 2.36. The lowest BCUT2D eigenvalue weighted by Crippen LogP contribution is -2.54. The Morgan fingerprint density at radius 3 is 2.30 bits per heavy atom. The van der Waals surface area contributed by atoms with E-state index in [4.69, 9.17) is 9.47 Å². The van der Waals surface area contributed by atoms with Crippen molar-refractivity contribution in [1.29, 1.82) is 0 Å². The number of aliphatic carboxylic acids is 1. The molecule has 5 nitrogen and oxygen atoms in total. The third-order valence-electron chi connectivity index (χ3n) is 3.15. The van der Waals surface area contributed by atoms with Crippen LogP contribution in [0.3, 0.4) is 0 Å². The van der Waals surface area contributed by atoms with Crippen LogP contribution in [0, 0.1) is 0 Å². The molecule has 0 aromatic heterocycles. The molecule has 0 aromatic rings. The van der Waals surface area contributed by atoms with E-state index in [0.717, 1.165) is 6.42 Å². The second kappa shape index (κ2) is 10.1. The maximum Gasteiger partial charge on any atom is 0.323 e. The van der Waals surface area contributed by atoms with Crippen LogP contribution in [0.15, 0.2) is 0 Å². The predicted octanol–water partition coefficient (Wildman–Crippen LogP) is 2.44.